The van der Waals surface area contributed by atoms with Gasteiger partial charge >= 0.3 is 5.97 Å². The lowest BCUT2D eigenvalue weighted by atomic mass is 10.1. The van der Waals surface area contributed by atoms with Gasteiger partial charge in [-0.15, -0.1) is 12.4 Å². The average molecular weight is 309 g/mol. The molecule has 0 aromatic heterocycles. The minimum absolute atomic E-state index is 0. The number of ether oxygens (including phenoxy) is 1. The van der Waals surface area contributed by atoms with Crippen molar-refractivity contribution in [2.45, 2.75) is 12.5 Å². The normalized spacial score (nSPS) is 12.3. The molecular formula is C11H17ClN2O4S. The fourth-order valence-electron chi connectivity index (χ4n) is 1.36. The third-order valence-corrected chi connectivity index (χ3v) is 2.68. The van der Waals surface area contributed by atoms with Crippen molar-refractivity contribution in [1.82, 2.24) is 10.3 Å². The number of hydrogen-bond acceptors (Lipinski definition) is 5. The average Bonchev–Trinajstić information content (AvgIpc) is 2.33. The van der Waals surface area contributed by atoms with Gasteiger partial charge in [-0.3, -0.25) is 4.79 Å². The van der Waals surface area contributed by atoms with Crippen LogP contribution in [0.4, 0.5) is 0 Å². The van der Waals surface area contributed by atoms with E-state index in [-0.39, 0.29) is 12.4 Å². The van der Waals surface area contributed by atoms with E-state index in [4.69, 9.17) is 0 Å². The molecule has 6 nitrogen and oxygen atoms in total. The molecule has 0 bridgehead atoms. The van der Waals surface area contributed by atoms with E-state index in [2.05, 4.69) is 15.0 Å². The van der Waals surface area contributed by atoms with Gasteiger partial charge in [0, 0.05) is 0 Å². The van der Waals surface area contributed by atoms with Crippen LogP contribution in [0.5, 0.6) is 0 Å². The molecule has 0 saturated heterocycles. The summed E-state index contributed by atoms with van der Waals surface area (Å²) in [4.78, 5) is 13.6. The maximum absolute atomic E-state index is 11.5. The van der Waals surface area contributed by atoms with Gasteiger partial charge in [0.25, 0.3) is 0 Å². The predicted octanol–water partition coefficient (Wildman–Crippen LogP) is 0.246. The fraction of sp³-hybridized carbons (Fsp3) is 0.364. The van der Waals surface area contributed by atoms with Crippen LogP contribution in [0.15, 0.2) is 30.3 Å². The van der Waals surface area contributed by atoms with Gasteiger partial charge in [0.05, 0.1) is 13.4 Å². The maximum atomic E-state index is 11.5. The Bertz CT molecular complexity index is 493. The Morgan fingerprint density at radius 1 is 1.32 bits per heavy atom. The van der Waals surface area contributed by atoms with Gasteiger partial charge in [-0.2, -0.15) is 4.83 Å². The minimum atomic E-state index is -3.42. The largest absolute Gasteiger partial charge is 0.468 e. The Labute approximate surface area is 119 Å². The van der Waals surface area contributed by atoms with Crippen molar-refractivity contribution in [3.05, 3.63) is 35.9 Å². The lowest BCUT2D eigenvalue weighted by Crippen LogP contribution is -2.49. The Balaban J connectivity index is 0.00000324. The zero-order valence-electron chi connectivity index (χ0n) is 10.6. The smallest absolute Gasteiger partial charge is 0.324 e. The van der Waals surface area contributed by atoms with Crippen LogP contribution in [-0.2, 0) is 26.0 Å². The number of carbonyl (C=O) groups is 1. The highest BCUT2D eigenvalue weighted by molar-refractivity contribution is 7.88. The molecule has 0 fully saturated rings. The topological polar surface area (TPSA) is 84.5 Å². The molecule has 0 saturated carbocycles. The van der Waals surface area contributed by atoms with Crippen LogP contribution in [0.25, 0.3) is 0 Å². The predicted molar refractivity (Wildman–Crippen MR) is 74.3 cm³/mol. The first-order valence-corrected chi connectivity index (χ1v) is 7.15. The van der Waals surface area contributed by atoms with Crippen LogP contribution in [0.3, 0.4) is 0 Å². The molecule has 19 heavy (non-hydrogen) atoms. The van der Waals surface area contributed by atoms with Gasteiger partial charge in [-0.25, -0.2) is 13.8 Å². The molecule has 1 aromatic carbocycles. The van der Waals surface area contributed by atoms with Crippen molar-refractivity contribution >= 4 is 28.4 Å². The van der Waals surface area contributed by atoms with Crippen molar-refractivity contribution in [1.29, 1.82) is 0 Å². The van der Waals surface area contributed by atoms with E-state index in [9.17, 15) is 13.2 Å². The molecule has 0 heterocycles. The molecule has 0 radical (unpaired) electrons. The highest BCUT2D eigenvalue weighted by atomic mass is 35.5. The molecule has 0 aliphatic carbocycles. The number of rotatable bonds is 6. The highest BCUT2D eigenvalue weighted by Gasteiger charge is 2.20. The second kappa shape index (κ2) is 8.11. The summed E-state index contributed by atoms with van der Waals surface area (Å²) in [6.07, 6.45) is 1.33. The van der Waals surface area contributed by atoms with Gasteiger partial charge in [0.2, 0.25) is 10.0 Å². The molecule has 0 spiro atoms. The van der Waals surface area contributed by atoms with E-state index in [0.29, 0.717) is 6.42 Å². The standard InChI is InChI=1S/C11H16N2O4S.ClH/c1-17-11(14)10(12-13-18(2,15)16)8-9-6-4-3-5-7-9;/h3-7,10,12-13H,8H2,1-2H3;1H/t10-;/m0./s1. The van der Waals surface area contributed by atoms with E-state index in [0.717, 1.165) is 11.8 Å². The molecular weight excluding hydrogens is 292 g/mol. The van der Waals surface area contributed by atoms with E-state index >= 15 is 0 Å². The summed E-state index contributed by atoms with van der Waals surface area (Å²) in [5.74, 6) is -0.532. The number of hydrogen-bond donors (Lipinski definition) is 2. The monoisotopic (exact) mass is 308 g/mol. The number of sulfonamides is 1. The Hall–Kier alpha value is -1.15. The number of methoxy groups -OCH3 is 1. The first-order valence-electron chi connectivity index (χ1n) is 5.26. The summed E-state index contributed by atoms with van der Waals surface area (Å²) in [7, 11) is -2.17. The summed E-state index contributed by atoms with van der Waals surface area (Å²) >= 11 is 0. The second-order valence-electron chi connectivity index (χ2n) is 3.78. The van der Waals surface area contributed by atoms with Crippen LogP contribution >= 0.6 is 12.4 Å². The first kappa shape index (κ1) is 17.8. The molecule has 0 aliphatic rings. The maximum Gasteiger partial charge on any atom is 0.324 e. The third-order valence-electron chi connectivity index (χ3n) is 2.19. The van der Waals surface area contributed by atoms with Crippen LogP contribution < -0.4 is 10.3 Å². The lowest BCUT2D eigenvalue weighted by Gasteiger charge is -2.16. The van der Waals surface area contributed by atoms with Crippen molar-refractivity contribution < 1.29 is 17.9 Å². The summed E-state index contributed by atoms with van der Waals surface area (Å²) in [5, 5.41) is 0. The van der Waals surface area contributed by atoms with Crippen molar-refractivity contribution in [2.24, 2.45) is 0 Å². The second-order valence-corrected chi connectivity index (χ2v) is 5.53. The van der Waals surface area contributed by atoms with Gasteiger partial charge in [0.15, 0.2) is 0 Å². The summed E-state index contributed by atoms with van der Waals surface area (Å²) in [5.41, 5.74) is 3.35. The van der Waals surface area contributed by atoms with Gasteiger partial charge in [-0.1, -0.05) is 30.3 Å². The number of carbonyl (C=O) groups excluding carboxylic acids is 1. The molecule has 108 valence electrons. The van der Waals surface area contributed by atoms with Crippen LogP contribution in [0.1, 0.15) is 5.56 Å². The van der Waals surface area contributed by atoms with E-state index < -0.39 is 22.0 Å². The Morgan fingerprint density at radius 3 is 2.37 bits per heavy atom. The quantitative estimate of drug-likeness (QED) is 0.581. The SMILES string of the molecule is COC(=O)[C@H](Cc1ccccc1)NNS(C)(=O)=O.Cl. The van der Waals surface area contributed by atoms with Crippen LogP contribution in [-0.4, -0.2) is 33.8 Å². The molecule has 1 rings (SSSR count). The summed E-state index contributed by atoms with van der Waals surface area (Å²) < 4.78 is 26.6. The molecule has 0 aliphatic heterocycles. The van der Waals surface area contributed by atoms with Crippen molar-refractivity contribution in [2.75, 3.05) is 13.4 Å². The Morgan fingerprint density at radius 2 is 1.89 bits per heavy atom. The molecule has 8 heteroatoms. The lowest BCUT2D eigenvalue weighted by molar-refractivity contribution is -0.143. The van der Waals surface area contributed by atoms with Gasteiger partial charge < -0.3 is 4.74 Å². The van der Waals surface area contributed by atoms with E-state index in [1.54, 1.807) is 0 Å². The number of esters is 1. The molecule has 0 unspecified atom stereocenters. The number of nitrogens with one attached hydrogen (secondary N) is 2. The third kappa shape index (κ3) is 7.12. The zero-order valence-corrected chi connectivity index (χ0v) is 12.3. The van der Waals surface area contributed by atoms with E-state index in [1.807, 2.05) is 30.3 Å². The first-order chi connectivity index (χ1) is 8.42. The number of benzene rings is 1. The molecule has 1 aromatic rings. The van der Waals surface area contributed by atoms with Gasteiger partial charge in [-0.05, 0) is 12.0 Å². The van der Waals surface area contributed by atoms with Crippen LogP contribution in [0.2, 0.25) is 0 Å². The zero-order chi connectivity index (χ0) is 13.6. The minimum Gasteiger partial charge on any atom is -0.468 e. The number of hydrazine groups is 1. The molecule has 1 atom stereocenters. The fourth-order valence-corrected chi connectivity index (χ4v) is 1.72. The summed E-state index contributed by atoms with van der Waals surface area (Å²) in [6.45, 7) is 0. The highest BCUT2D eigenvalue weighted by Crippen LogP contribution is 2.04. The van der Waals surface area contributed by atoms with Gasteiger partial charge in [0.1, 0.15) is 6.04 Å². The summed E-state index contributed by atoms with van der Waals surface area (Å²) in [6, 6.07) is 8.46. The van der Waals surface area contributed by atoms with Crippen molar-refractivity contribution in [3.8, 4) is 0 Å². The van der Waals surface area contributed by atoms with Crippen molar-refractivity contribution in [3.63, 3.8) is 0 Å². The molecule has 2 N–H and O–H groups in total. The van der Waals surface area contributed by atoms with E-state index in [1.165, 1.54) is 7.11 Å². The molecule has 0 amide bonds. The number of halogens is 1. The van der Waals surface area contributed by atoms with Crippen LogP contribution in [0, 0.1) is 0 Å². The Kier molecular flexibility index (Phi) is 7.62.